The van der Waals surface area contributed by atoms with E-state index in [0.717, 1.165) is 16.7 Å². The molecule has 8 heteroatoms. The maximum absolute atomic E-state index is 13.3. The molecule has 16 heavy (non-hydrogen) atoms. The first-order valence-electron chi connectivity index (χ1n) is 4.07. The van der Waals surface area contributed by atoms with Gasteiger partial charge in [-0.05, 0) is 0 Å². The number of aromatic nitrogens is 1. The summed E-state index contributed by atoms with van der Waals surface area (Å²) in [5.41, 5.74) is 4.55. The number of hydrogen-bond donors (Lipinski definition) is 1. The molecular formula is C8H5F4N3S. The Morgan fingerprint density at radius 1 is 1.19 bits per heavy atom. The highest BCUT2D eigenvalue weighted by atomic mass is 32.2. The molecule has 1 aromatic rings. The summed E-state index contributed by atoms with van der Waals surface area (Å²) >= 11 is 1.10. The molecular weight excluding hydrogens is 246 g/mol. The van der Waals surface area contributed by atoms with Gasteiger partial charge in [0.15, 0.2) is 0 Å². The molecule has 0 radical (unpaired) electrons. The Kier molecular flexibility index (Phi) is 2.66. The lowest BCUT2D eigenvalue weighted by molar-refractivity contribution is 0.408. The smallest absolute Gasteiger partial charge is 0.253 e. The lowest BCUT2D eigenvalue weighted by Gasteiger charge is -2.15. The second kappa shape index (κ2) is 3.85. The first-order chi connectivity index (χ1) is 7.50. The number of anilines is 1. The van der Waals surface area contributed by atoms with Gasteiger partial charge >= 0.3 is 0 Å². The van der Waals surface area contributed by atoms with Crippen LogP contribution in [-0.2, 0) is 0 Å². The zero-order valence-electron chi connectivity index (χ0n) is 7.68. The van der Waals surface area contributed by atoms with Crippen LogP contribution >= 0.6 is 11.8 Å². The number of pyridine rings is 1. The average Bonchev–Trinajstić information content (AvgIpc) is 2.62. The molecule has 86 valence electrons. The summed E-state index contributed by atoms with van der Waals surface area (Å²) < 4.78 is 52.1. The van der Waals surface area contributed by atoms with Crippen molar-refractivity contribution in [3.05, 3.63) is 34.8 Å². The van der Waals surface area contributed by atoms with E-state index in [1.165, 1.54) is 6.20 Å². The summed E-state index contributed by atoms with van der Waals surface area (Å²) in [5, 5.41) is 0.302. The van der Waals surface area contributed by atoms with Gasteiger partial charge in [0, 0.05) is 6.20 Å². The third kappa shape index (κ3) is 1.69. The highest BCUT2D eigenvalue weighted by Gasteiger charge is 2.26. The second-order valence-corrected chi connectivity index (χ2v) is 3.96. The van der Waals surface area contributed by atoms with E-state index in [4.69, 9.17) is 5.73 Å². The van der Waals surface area contributed by atoms with Crippen molar-refractivity contribution in [2.45, 2.75) is 0 Å². The Hall–Kier alpha value is -1.44. The first kappa shape index (κ1) is 11.1. The predicted octanol–water partition coefficient (Wildman–Crippen LogP) is 1.91. The molecule has 0 saturated heterocycles. The standard InChI is InChI=1S/C8H5F4N3S/c9-4-6(15-1-3(13)16-2-15)5(10)8(12)14-7(4)11/h1H,2,13H2. The summed E-state index contributed by atoms with van der Waals surface area (Å²) in [5.74, 6) is -6.35. The average molecular weight is 251 g/mol. The van der Waals surface area contributed by atoms with Crippen molar-refractivity contribution < 1.29 is 17.6 Å². The van der Waals surface area contributed by atoms with Crippen LogP contribution in [0.4, 0.5) is 23.2 Å². The maximum atomic E-state index is 13.3. The van der Waals surface area contributed by atoms with Crippen LogP contribution in [0.5, 0.6) is 0 Å². The molecule has 0 atom stereocenters. The summed E-state index contributed by atoms with van der Waals surface area (Å²) in [4.78, 5) is 3.44. The van der Waals surface area contributed by atoms with Crippen molar-refractivity contribution in [2.75, 3.05) is 10.8 Å². The highest BCUT2D eigenvalue weighted by Crippen LogP contribution is 2.32. The van der Waals surface area contributed by atoms with E-state index in [1.807, 2.05) is 0 Å². The number of thioether (sulfide) groups is 1. The summed E-state index contributed by atoms with van der Waals surface area (Å²) in [6.45, 7) is 0. The van der Waals surface area contributed by atoms with Crippen molar-refractivity contribution in [1.29, 1.82) is 0 Å². The fourth-order valence-corrected chi connectivity index (χ4v) is 1.92. The minimum Gasteiger partial charge on any atom is -0.392 e. The van der Waals surface area contributed by atoms with Crippen molar-refractivity contribution in [2.24, 2.45) is 5.73 Å². The number of hydrogen-bond acceptors (Lipinski definition) is 4. The van der Waals surface area contributed by atoms with E-state index in [9.17, 15) is 17.6 Å². The van der Waals surface area contributed by atoms with Crippen LogP contribution in [0.1, 0.15) is 0 Å². The molecule has 0 aromatic carbocycles. The zero-order chi connectivity index (χ0) is 11.9. The molecule has 2 N–H and O–H groups in total. The number of rotatable bonds is 1. The Balaban J connectivity index is 2.55. The van der Waals surface area contributed by atoms with Gasteiger partial charge in [-0.3, -0.25) is 0 Å². The summed E-state index contributed by atoms with van der Waals surface area (Å²) in [7, 11) is 0. The Morgan fingerprint density at radius 3 is 2.19 bits per heavy atom. The molecule has 0 amide bonds. The van der Waals surface area contributed by atoms with E-state index < -0.39 is 29.2 Å². The van der Waals surface area contributed by atoms with Gasteiger partial charge in [0.2, 0.25) is 11.6 Å². The Morgan fingerprint density at radius 2 is 1.75 bits per heavy atom. The molecule has 0 spiro atoms. The van der Waals surface area contributed by atoms with Gasteiger partial charge in [-0.15, -0.1) is 0 Å². The normalized spacial score (nSPS) is 15.5. The molecule has 3 nitrogen and oxygen atoms in total. The van der Waals surface area contributed by atoms with Gasteiger partial charge < -0.3 is 10.6 Å². The van der Waals surface area contributed by atoms with Crippen molar-refractivity contribution in [1.82, 2.24) is 4.98 Å². The second-order valence-electron chi connectivity index (χ2n) is 2.94. The van der Waals surface area contributed by atoms with Crippen LogP contribution in [0.25, 0.3) is 0 Å². The molecule has 2 rings (SSSR count). The Labute approximate surface area is 91.9 Å². The van der Waals surface area contributed by atoms with E-state index in [-0.39, 0.29) is 5.88 Å². The molecule has 0 saturated carbocycles. The highest BCUT2D eigenvalue weighted by molar-refractivity contribution is 8.03. The quantitative estimate of drug-likeness (QED) is 0.611. The molecule has 1 aliphatic rings. The van der Waals surface area contributed by atoms with E-state index in [1.54, 1.807) is 0 Å². The number of nitrogens with two attached hydrogens (primary N) is 1. The van der Waals surface area contributed by atoms with Crippen LogP contribution in [0.3, 0.4) is 0 Å². The van der Waals surface area contributed by atoms with Crippen molar-refractivity contribution >= 4 is 17.4 Å². The largest absolute Gasteiger partial charge is 0.392 e. The van der Waals surface area contributed by atoms with Crippen LogP contribution in [-0.4, -0.2) is 10.9 Å². The molecule has 2 heterocycles. The predicted molar refractivity (Wildman–Crippen MR) is 51.3 cm³/mol. The minimum atomic E-state index is -1.68. The van der Waals surface area contributed by atoms with Gasteiger partial charge in [-0.2, -0.15) is 22.5 Å². The van der Waals surface area contributed by atoms with Crippen LogP contribution in [0, 0.1) is 23.5 Å². The van der Waals surface area contributed by atoms with Crippen LogP contribution < -0.4 is 10.6 Å². The topological polar surface area (TPSA) is 42.1 Å². The molecule has 1 aliphatic heterocycles. The van der Waals surface area contributed by atoms with E-state index >= 15 is 0 Å². The third-order valence-electron chi connectivity index (χ3n) is 1.91. The number of halogens is 4. The zero-order valence-corrected chi connectivity index (χ0v) is 8.49. The van der Waals surface area contributed by atoms with Crippen LogP contribution in [0.15, 0.2) is 11.2 Å². The fourth-order valence-electron chi connectivity index (χ4n) is 1.23. The molecule has 0 bridgehead atoms. The fraction of sp³-hybridized carbons (Fsp3) is 0.125. The summed E-state index contributed by atoms with van der Waals surface area (Å²) in [6, 6.07) is 0. The molecule has 0 fully saturated rings. The van der Waals surface area contributed by atoms with Gasteiger partial charge in [0.25, 0.3) is 11.9 Å². The van der Waals surface area contributed by atoms with Gasteiger partial charge in [0.05, 0.1) is 10.9 Å². The van der Waals surface area contributed by atoms with Crippen molar-refractivity contribution in [3.63, 3.8) is 0 Å². The summed E-state index contributed by atoms with van der Waals surface area (Å²) in [6.07, 6.45) is 1.20. The van der Waals surface area contributed by atoms with E-state index in [0.29, 0.717) is 5.03 Å². The first-order valence-corrected chi connectivity index (χ1v) is 5.06. The molecule has 0 unspecified atom stereocenters. The SMILES string of the molecule is NC1=CN(c2c(F)c(F)nc(F)c2F)CS1. The third-order valence-corrected chi connectivity index (χ3v) is 2.76. The lowest BCUT2D eigenvalue weighted by Crippen LogP contribution is -2.17. The number of nitrogens with zero attached hydrogens (tertiary/aromatic N) is 2. The Bertz CT molecular complexity index is 451. The van der Waals surface area contributed by atoms with Crippen molar-refractivity contribution in [3.8, 4) is 0 Å². The monoisotopic (exact) mass is 251 g/mol. The maximum Gasteiger partial charge on any atom is 0.253 e. The van der Waals surface area contributed by atoms with E-state index in [2.05, 4.69) is 4.98 Å². The molecule has 1 aromatic heterocycles. The van der Waals surface area contributed by atoms with Gasteiger partial charge in [-0.25, -0.2) is 0 Å². The van der Waals surface area contributed by atoms with Gasteiger partial charge in [-0.1, -0.05) is 11.8 Å². The molecule has 0 aliphatic carbocycles. The van der Waals surface area contributed by atoms with Crippen LogP contribution in [0.2, 0.25) is 0 Å². The minimum absolute atomic E-state index is 0.0859. The lowest BCUT2D eigenvalue weighted by atomic mass is 10.3. The van der Waals surface area contributed by atoms with Gasteiger partial charge in [0.1, 0.15) is 5.69 Å².